The van der Waals surface area contributed by atoms with Gasteiger partial charge < -0.3 is 9.64 Å². The standard InChI is InChI=1S/C23H29FN6O/c1-23(2,3)30-22(25-26-27-30)21(17-9-11-18(31-4)12-10-17)29-15-13-28(14-16-29)20-8-6-5-7-19(20)24/h5-12,21H,13-16H2,1-4H3/t21-/m0/s1. The van der Waals surface area contributed by atoms with Crippen molar-refractivity contribution in [3.05, 3.63) is 65.7 Å². The van der Waals surface area contributed by atoms with Gasteiger partial charge in [-0.2, -0.15) is 0 Å². The average molecular weight is 425 g/mol. The quantitative estimate of drug-likeness (QED) is 0.625. The van der Waals surface area contributed by atoms with Crippen molar-refractivity contribution in [3.63, 3.8) is 0 Å². The van der Waals surface area contributed by atoms with Gasteiger partial charge in [-0.1, -0.05) is 24.3 Å². The number of benzene rings is 2. The Hall–Kier alpha value is -3.00. The van der Waals surface area contributed by atoms with E-state index in [9.17, 15) is 4.39 Å². The van der Waals surface area contributed by atoms with Crippen LogP contribution in [-0.4, -0.2) is 58.4 Å². The van der Waals surface area contributed by atoms with Crippen LogP contribution in [0.15, 0.2) is 48.5 Å². The molecule has 31 heavy (non-hydrogen) atoms. The van der Waals surface area contributed by atoms with E-state index in [2.05, 4.69) is 58.2 Å². The summed E-state index contributed by atoms with van der Waals surface area (Å²) in [7, 11) is 1.66. The van der Waals surface area contributed by atoms with Gasteiger partial charge in [0.15, 0.2) is 5.82 Å². The van der Waals surface area contributed by atoms with Gasteiger partial charge in [-0.3, -0.25) is 4.90 Å². The van der Waals surface area contributed by atoms with Crippen molar-refractivity contribution in [2.45, 2.75) is 32.4 Å². The molecular formula is C23H29FN6O. The first-order chi connectivity index (χ1) is 14.9. The molecule has 164 valence electrons. The van der Waals surface area contributed by atoms with E-state index >= 15 is 0 Å². The second-order valence-corrected chi connectivity index (χ2v) is 8.77. The van der Waals surface area contributed by atoms with Gasteiger partial charge in [0.1, 0.15) is 11.6 Å². The number of methoxy groups -OCH3 is 1. The van der Waals surface area contributed by atoms with Crippen LogP contribution in [0.4, 0.5) is 10.1 Å². The van der Waals surface area contributed by atoms with E-state index in [4.69, 9.17) is 4.74 Å². The van der Waals surface area contributed by atoms with E-state index in [-0.39, 0.29) is 17.4 Å². The first-order valence-corrected chi connectivity index (χ1v) is 10.5. The average Bonchev–Trinajstić information content (AvgIpc) is 3.25. The molecule has 2 aromatic carbocycles. The lowest BCUT2D eigenvalue weighted by Gasteiger charge is -2.40. The number of para-hydroxylation sites is 1. The zero-order valence-electron chi connectivity index (χ0n) is 18.5. The predicted octanol–water partition coefficient (Wildman–Crippen LogP) is 3.49. The summed E-state index contributed by atoms with van der Waals surface area (Å²) in [4.78, 5) is 4.47. The van der Waals surface area contributed by atoms with E-state index in [1.54, 1.807) is 13.2 Å². The van der Waals surface area contributed by atoms with Crippen molar-refractivity contribution in [2.24, 2.45) is 0 Å². The largest absolute Gasteiger partial charge is 0.497 e. The van der Waals surface area contributed by atoms with Crippen LogP contribution in [-0.2, 0) is 5.54 Å². The molecule has 2 heterocycles. The molecule has 0 aliphatic carbocycles. The number of rotatable bonds is 5. The van der Waals surface area contributed by atoms with Crippen LogP contribution >= 0.6 is 0 Å². The Labute approximate surface area is 182 Å². The number of aromatic nitrogens is 4. The summed E-state index contributed by atoms with van der Waals surface area (Å²) in [6.45, 7) is 9.26. The fraction of sp³-hybridized carbons (Fsp3) is 0.435. The summed E-state index contributed by atoms with van der Waals surface area (Å²) in [6.07, 6.45) is 0. The third kappa shape index (κ3) is 4.39. The maximum Gasteiger partial charge on any atom is 0.173 e. The number of ether oxygens (including phenoxy) is 1. The predicted molar refractivity (Wildman–Crippen MR) is 118 cm³/mol. The Bertz CT molecular complexity index is 1010. The molecule has 0 unspecified atom stereocenters. The molecule has 1 aliphatic heterocycles. The Kier molecular flexibility index (Phi) is 5.91. The number of tetrazole rings is 1. The summed E-state index contributed by atoms with van der Waals surface area (Å²) >= 11 is 0. The Balaban J connectivity index is 1.64. The Morgan fingerprint density at radius 3 is 2.26 bits per heavy atom. The zero-order chi connectivity index (χ0) is 22.0. The molecule has 3 aromatic rings. The molecule has 8 heteroatoms. The molecule has 0 spiro atoms. The van der Waals surface area contributed by atoms with Crippen LogP contribution in [0.5, 0.6) is 5.75 Å². The lowest BCUT2D eigenvalue weighted by Crippen LogP contribution is -2.49. The fourth-order valence-corrected chi connectivity index (χ4v) is 4.08. The summed E-state index contributed by atoms with van der Waals surface area (Å²) in [5.41, 5.74) is 1.50. The first-order valence-electron chi connectivity index (χ1n) is 10.5. The second kappa shape index (κ2) is 8.63. The van der Waals surface area contributed by atoms with E-state index in [0.29, 0.717) is 5.69 Å². The van der Waals surface area contributed by atoms with E-state index in [1.807, 2.05) is 28.9 Å². The maximum atomic E-state index is 14.3. The van der Waals surface area contributed by atoms with Crippen molar-refractivity contribution in [3.8, 4) is 5.75 Å². The minimum atomic E-state index is -0.251. The summed E-state index contributed by atoms with van der Waals surface area (Å²) in [5.74, 6) is 1.43. The van der Waals surface area contributed by atoms with Gasteiger partial charge in [-0.15, -0.1) is 5.10 Å². The molecular weight excluding hydrogens is 395 g/mol. The third-order valence-corrected chi connectivity index (χ3v) is 5.68. The molecule has 0 radical (unpaired) electrons. The molecule has 4 rings (SSSR count). The summed E-state index contributed by atoms with van der Waals surface area (Å²) in [5, 5.41) is 12.7. The highest BCUT2D eigenvalue weighted by Crippen LogP contribution is 2.32. The van der Waals surface area contributed by atoms with Gasteiger partial charge in [-0.05, 0) is 61.0 Å². The van der Waals surface area contributed by atoms with Crippen LogP contribution in [0.3, 0.4) is 0 Å². The molecule has 0 N–H and O–H groups in total. The van der Waals surface area contributed by atoms with Crippen molar-refractivity contribution < 1.29 is 9.13 Å². The summed E-state index contributed by atoms with van der Waals surface area (Å²) < 4.78 is 21.5. The second-order valence-electron chi connectivity index (χ2n) is 8.77. The molecule has 7 nitrogen and oxygen atoms in total. The monoisotopic (exact) mass is 424 g/mol. The number of hydrogen-bond donors (Lipinski definition) is 0. The van der Waals surface area contributed by atoms with Crippen molar-refractivity contribution in [1.29, 1.82) is 0 Å². The molecule has 1 saturated heterocycles. The molecule has 0 saturated carbocycles. The zero-order valence-corrected chi connectivity index (χ0v) is 18.5. The van der Waals surface area contributed by atoms with Crippen molar-refractivity contribution in [1.82, 2.24) is 25.1 Å². The number of piperazine rings is 1. The van der Waals surface area contributed by atoms with Crippen LogP contribution in [0.2, 0.25) is 0 Å². The number of anilines is 1. The highest BCUT2D eigenvalue weighted by molar-refractivity contribution is 5.48. The molecule has 1 aliphatic rings. The van der Waals surface area contributed by atoms with Gasteiger partial charge in [0.05, 0.1) is 24.4 Å². The molecule has 1 fully saturated rings. The highest BCUT2D eigenvalue weighted by atomic mass is 19.1. The van der Waals surface area contributed by atoms with E-state index < -0.39 is 0 Å². The van der Waals surface area contributed by atoms with Crippen molar-refractivity contribution in [2.75, 3.05) is 38.2 Å². The Morgan fingerprint density at radius 2 is 1.65 bits per heavy atom. The van der Waals surface area contributed by atoms with Gasteiger partial charge in [0.2, 0.25) is 0 Å². The van der Waals surface area contributed by atoms with Gasteiger partial charge in [-0.25, -0.2) is 9.07 Å². The minimum Gasteiger partial charge on any atom is -0.497 e. The van der Waals surface area contributed by atoms with Gasteiger partial charge in [0, 0.05) is 26.2 Å². The molecule has 0 amide bonds. The summed E-state index contributed by atoms with van der Waals surface area (Å²) in [6, 6.07) is 14.9. The van der Waals surface area contributed by atoms with Gasteiger partial charge in [0.25, 0.3) is 0 Å². The first kappa shape index (κ1) is 21.2. The highest BCUT2D eigenvalue weighted by Gasteiger charge is 2.33. The van der Waals surface area contributed by atoms with Crippen LogP contribution in [0, 0.1) is 5.82 Å². The SMILES string of the molecule is COc1ccc([C@@H](c2nnnn2C(C)(C)C)N2CCN(c3ccccc3F)CC2)cc1. The van der Waals surface area contributed by atoms with Gasteiger partial charge >= 0.3 is 0 Å². The smallest absolute Gasteiger partial charge is 0.173 e. The number of halogens is 1. The molecule has 0 bridgehead atoms. The van der Waals surface area contributed by atoms with E-state index in [0.717, 1.165) is 43.3 Å². The fourth-order valence-electron chi connectivity index (χ4n) is 4.08. The lowest BCUT2D eigenvalue weighted by molar-refractivity contribution is 0.191. The van der Waals surface area contributed by atoms with E-state index in [1.165, 1.54) is 6.07 Å². The van der Waals surface area contributed by atoms with Crippen LogP contribution in [0.25, 0.3) is 0 Å². The van der Waals surface area contributed by atoms with Crippen LogP contribution < -0.4 is 9.64 Å². The maximum absolute atomic E-state index is 14.3. The minimum absolute atomic E-state index is 0.108. The third-order valence-electron chi connectivity index (χ3n) is 5.68. The number of nitrogens with zero attached hydrogens (tertiary/aromatic N) is 6. The van der Waals surface area contributed by atoms with Crippen molar-refractivity contribution >= 4 is 5.69 Å². The number of hydrogen-bond acceptors (Lipinski definition) is 6. The molecule has 1 aromatic heterocycles. The molecule has 1 atom stereocenters. The van der Waals surface area contributed by atoms with Crippen LogP contribution in [0.1, 0.15) is 38.2 Å². The lowest BCUT2D eigenvalue weighted by atomic mass is 10.0. The Morgan fingerprint density at radius 1 is 0.968 bits per heavy atom. The normalized spacial score (nSPS) is 16.4. The topological polar surface area (TPSA) is 59.3 Å².